The van der Waals surface area contributed by atoms with E-state index in [1.807, 2.05) is 26.1 Å². The van der Waals surface area contributed by atoms with E-state index in [9.17, 15) is 0 Å². The zero-order chi connectivity index (χ0) is 9.68. The molecule has 13 heavy (non-hydrogen) atoms. The average Bonchev–Trinajstić information content (AvgIpc) is 2.11. The highest BCUT2D eigenvalue weighted by Gasteiger charge is 1.99. The summed E-state index contributed by atoms with van der Waals surface area (Å²) in [5, 5.41) is 0. The number of rotatable bonds is 2. The molecule has 0 spiro atoms. The first kappa shape index (κ1) is 9.72. The van der Waals surface area contributed by atoms with E-state index in [0.717, 1.165) is 5.69 Å². The van der Waals surface area contributed by atoms with Crippen LogP contribution in [0.25, 0.3) is 6.08 Å². The molecule has 0 unspecified atom stereocenters. The minimum Gasteiger partial charge on any atom is -0.261 e. The zero-order valence-corrected chi connectivity index (χ0v) is 8.41. The lowest BCUT2D eigenvalue weighted by Crippen LogP contribution is -1.79. The molecule has 68 valence electrons. The number of aliphatic imine (C=N–C) groups is 1. The fourth-order valence-electron chi connectivity index (χ4n) is 1.30. The first-order valence-electron chi connectivity index (χ1n) is 4.50. The Morgan fingerprint density at radius 3 is 2.62 bits per heavy atom. The van der Waals surface area contributed by atoms with Gasteiger partial charge in [0, 0.05) is 11.8 Å². The van der Waals surface area contributed by atoms with Gasteiger partial charge in [-0.05, 0) is 26.3 Å². The lowest BCUT2D eigenvalue weighted by Gasteiger charge is -2.03. The summed E-state index contributed by atoms with van der Waals surface area (Å²) in [5.74, 6) is 0. The molecule has 0 aliphatic carbocycles. The van der Waals surface area contributed by atoms with E-state index < -0.39 is 0 Å². The van der Waals surface area contributed by atoms with Crippen molar-refractivity contribution in [3.05, 3.63) is 35.4 Å². The first-order valence-corrected chi connectivity index (χ1v) is 4.50. The van der Waals surface area contributed by atoms with Crippen molar-refractivity contribution in [2.75, 3.05) is 0 Å². The molecule has 0 fully saturated rings. The molecular formula is C12H15N. The maximum Gasteiger partial charge on any atom is 0.0726 e. The molecule has 0 aliphatic heterocycles. The van der Waals surface area contributed by atoms with Crippen LogP contribution in [0, 0.1) is 6.92 Å². The van der Waals surface area contributed by atoms with E-state index in [0.29, 0.717) is 0 Å². The number of para-hydroxylation sites is 1. The van der Waals surface area contributed by atoms with Crippen molar-refractivity contribution in [1.82, 2.24) is 0 Å². The summed E-state index contributed by atoms with van der Waals surface area (Å²) in [4.78, 5) is 4.35. The Bertz CT molecular complexity index is 335. The molecule has 0 saturated carbocycles. The van der Waals surface area contributed by atoms with Gasteiger partial charge in [-0.2, -0.15) is 0 Å². The molecule has 0 radical (unpaired) electrons. The molecule has 1 heteroatoms. The highest BCUT2D eigenvalue weighted by molar-refractivity contribution is 5.71. The molecule has 0 aliphatic rings. The Hall–Kier alpha value is -1.37. The Labute approximate surface area is 79.8 Å². The van der Waals surface area contributed by atoms with Gasteiger partial charge in [0.25, 0.3) is 0 Å². The normalized spacial score (nSPS) is 11.6. The number of aryl methyl sites for hydroxylation is 1. The van der Waals surface area contributed by atoms with Gasteiger partial charge in [-0.3, -0.25) is 4.99 Å². The van der Waals surface area contributed by atoms with Crippen molar-refractivity contribution in [1.29, 1.82) is 0 Å². The van der Waals surface area contributed by atoms with Crippen LogP contribution in [0.15, 0.2) is 29.3 Å². The third-order valence-electron chi connectivity index (χ3n) is 1.87. The summed E-state index contributed by atoms with van der Waals surface area (Å²) >= 11 is 0. The smallest absolute Gasteiger partial charge is 0.0726 e. The van der Waals surface area contributed by atoms with Crippen molar-refractivity contribution in [2.24, 2.45) is 4.99 Å². The zero-order valence-electron chi connectivity index (χ0n) is 8.41. The summed E-state index contributed by atoms with van der Waals surface area (Å²) in [6, 6.07) is 6.21. The molecule has 0 bridgehead atoms. The third kappa shape index (κ3) is 2.28. The van der Waals surface area contributed by atoms with Crippen LogP contribution in [0.1, 0.15) is 25.0 Å². The second-order valence-corrected chi connectivity index (χ2v) is 2.90. The van der Waals surface area contributed by atoms with Crippen molar-refractivity contribution in [3.8, 4) is 0 Å². The summed E-state index contributed by atoms with van der Waals surface area (Å²) in [6.07, 6.45) is 5.94. The maximum absolute atomic E-state index is 4.35. The van der Waals surface area contributed by atoms with E-state index in [1.165, 1.54) is 11.1 Å². The quantitative estimate of drug-likeness (QED) is 0.604. The van der Waals surface area contributed by atoms with E-state index in [4.69, 9.17) is 0 Å². The number of nitrogens with zero attached hydrogens (tertiary/aromatic N) is 1. The predicted octanol–water partition coefficient (Wildman–Crippen LogP) is 3.75. The van der Waals surface area contributed by atoms with Crippen LogP contribution in [-0.2, 0) is 0 Å². The Morgan fingerprint density at radius 1 is 1.23 bits per heavy atom. The molecular weight excluding hydrogens is 158 g/mol. The first-order chi connectivity index (χ1) is 6.29. The topological polar surface area (TPSA) is 12.4 Å². The monoisotopic (exact) mass is 173 g/mol. The van der Waals surface area contributed by atoms with Crippen molar-refractivity contribution in [2.45, 2.75) is 20.8 Å². The highest BCUT2D eigenvalue weighted by atomic mass is 14.7. The van der Waals surface area contributed by atoms with Crippen LogP contribution in [0.3, 0.4) is 0 Å². The fourth-order valence-corrected chi connectivity index (χ4v) is 1.30. The molecule has 1 nitrogen and oxygen atoms in total. The van der Waals surface area contributed by atoms with Gasteiger partial charge >= 0.3 is 0 Å². The minimum absolute atomic E-state index is 1.07. The maximum atomic E-state index is 4.35. The third-order valence-corrected chi connectivity index (χ3v) is 1.87. The van der Waals surface area contributed by atoms with Crippen LogP contribution < -0.4 is 0 Å². The standard InChI is InChI=1S/C12H15N/c1-4-7-11-9-6-8-10(3)12(11)13-5-2/h4-9H,1-3H3/b7-4-,13-5-. The van der Waals surface area contributed by atoms with E-state index in [1.54, 1.807) is 0 Å². The SMILES string of the molecule is C/C=C\c1cccc(C)c1/N=C\C. The molecule has 1 rings (SSSR count). The van der Waals surface area contributed by atoms with Gasteiger partial charge in [-0.15, -0.1) is 0 Å². The number of allylic oxidation sites excluding steroid dienone is 1. The Balaban J connectivity index is 3.25. The molecule has 1 aromatic rings. The van der Waals surface area contributed by atoms with E-state index in [-0.39, 0.29) is 0 Å². The highest BCUT2D eigenvalue weighted by Crippen LogP contribution is 2.24. The van der Waals surface area contributed by atoms with Gasteiger partial charge in [0.1, 0.15) is 0 Å². The molecule has 0 saturated heterocycles. The van der Waals surface area contributed by atoms with Gasteiger partial charge < -0.3 is 0 Å². The van der Waals surface area contributed by atoms with Gasteiger partial charge in [0.2, 0.25) is 0 Å². The Kier molecular flexibility index (Phi) is 3.44. The van der Waals surface area contributed by atoms with Gasteiger partial charge in [-0.1, -0.05) is 30.4 Å². The van der Waals surface area contributed by atoms with Crippen LogP contribution in [0.5, 0.6) is 0 Å². The molecule has 0 aromatic heterocycles. The van der Waals surface area contributed by atoms with Crippen LogP contribution in [0.2, 0.25) is 0 Å². The number of hydrogen-bond acceptors (Lipinski definition) is 1. The second kappa shape index (κ2) is 4.61. The van der Waals surface area contributed by atoms with E-state index in [2.05, 4.69) is 36.2 Å². The number of hydrogen-bond donors (Lipinski definition) is 0. The molecule has 0 amide bonds. The van der Waals surface area contributed by atoms with Crippen LogP contribution >= 0.6 is 0 Å². The van der Waals surface area contributed by atoms with Crippen molar-refractivity contribution < 1.29 is 0 Å². The summed E-state index contributed by atoms with van der Waals surface area (Å²) in [5.41, 5.74) is 3.47. The van der Waals surface area contributed by atoms with Crippen molar-refractivity contribution >= 4 is 18.0 Å². The van der Waals surface area contributed by atoms with E-state index >= 15 is 0 Å². The largest absolute Gasteiger partial charge is 0.261 e. The fraction of sp³-hybridized carbons (Fsp3) is 0.250. The number of benzene rings is 1. The lowest BCUT2D eigenvalue weighted by atomic mass is 10.1. The van der Waals surface area contributed by atoms with Crippen LogP contribution in [-0.4, -0.2) is 6.21 Å². The summed E-state index contributed by atoms with van der Waals surface area (Å²) < 4.78 is 0. The average molecular weight is 173 g/mol. The van der Waals surface area contributed by atoms with Gasteiger partial charge in [-0.25, -0.2) is 0 Å². The molecule has 0 heterocycles. The lowest BCUT2D eigenvalue weighted by molar-refractivity contribution is 1.39. The molecule has 0 N–H and O–H groups in total. The summed E-state index contributed by atoms with van der Waals surface area (Å²) in [7, 11) is 0. The molecule has 0 atom stereocenters. The second-order valence-electron chi connectivity index (χ2n) is 2.90. The van der Waals surface area contributed by atoms with Crippen LogP contribution in [0.4, 0.5) is 5.69 Å². The van der Waals surface area contributed by atoms with Crippen molar-refractivity contribution in [3.63, 3.8) is 0 Å². The van der Waals surface area contributed by atoms with Gasteiger partial charge in [0.15, 0.2) is 0 Å². The Morgan fingerprint density at radius 2 is 2.00 bits per heavy atom. The summed E-state index contributed by atoms with van der Waals surface area (Å²) in [6.45, 7) is 6.03. The molecule has 1 aromatic carbocycles. The minimum atomic E-state index is 1.07. The predicted molar refractivity (Wildman–Crippen MR) is 59.7 cm³/mol. The van der Waals surface area contributed by atoms with Gasteiger partial charge in [0.05, 0.1) is 5.69 Å².